The molecular weight excluding hydrogens is 1270 g/mol. The number of carbonyl (C=O) groups excluding carboxylic acids is 4. The SMILES string of the molecule is CN(C(=O)c1nc2cccnn2c1-c1ccc(Cl)c(F)c1)C1CC1.N#Cc1cc(F)c(-c2c(C(=O)N3CCC3)nc3cccnn23)cc1F.N#Cc1ccc(-c2c(C(=O)N3CCC3)nc3cccnn23)cc1F.O=C(NC1CC1)c1nc2cccnn2c1-c1ccc2ccnn2c1. The molecule has 3 aromatic carbocycles. The molecule has 4 amide bonds. The van der Waals surface area contributed by atoms with Crippen LogP contribution in [-0.2, 0) is 0 Å². The summed E-state index contributed by atoms with van der Waals surface area (Å²) in [5.74, 6) is -3.75. The first kappa shape index (κ1) is 62.2. The zero-order chi connectivity index (χ0) is 67.2. The molecular formula is C68H51ClF4N20O4. The summed E-state index contributed by atoms with van der Waals surface area (Å²) in [5, 5.41) is 42.0. The minimum atomic E-state index is -0.868. The summed E-state index contributed by atoms with van der Waals surface area (Å²) in [6, 6.07) is 34.0. The van der Waals surface area contributed by atoms with Crippen molar-refractivity contribution < 1.29 is 36.7 Å². The zero-order valence-corrected chi connectivity index (χ0v) is 51.9. The van der Waals surface area contributed by atoms with Crippen LogP contribution in [0.4, 0.5) is 17.6 Å². The summed E-state index contributed by atoms with van der Waals surface area (Å²) in [6.07, 6.45) is 15.9. The second-order valence-electron chi connectivity index (χ2n) is 23.1. The van der Waals surface area contributed by atoms with E-state index in [4.69, 9.17) is 22.1 Å². The number of hydrogen-bond donors (Lipinski definition) is 1. The number of pyridine rings is 1. The summed E-state index contributed by atoms with van der Waals surface area (Å²) in [4.78, 5) is 73.4. The van der Waals surface area contributed by atoms with Gasteiger partial charge in [-0.1, -0.05) is 23.7 Å². The predicted octanol–water partition coefficient (Wildman–Crippen LogP) is 10.0. The van der Waals surface area contributed by atoms with Gasteiger partial charge in [-0.05, 0) is 142 Å². The van der Waals surface area contributed by atoms with Crippen LogP contribution in [0.2, 0.25) is 5.02 Å². The Morgan fingerprint density at radius 3 is 1.52 bits per heavy atom. The lowest BCUT2D eigenvalue weighted by molar-refractivity contribution is 0.0640. The maximum atomic E-state index is 14.5. The van der Waals surface area contributed by atoms with Crippen LogP contribution in [0.3, 0.4) is 0 Å². The molecule has 0 atom stereocenters. The van der Waals surface area contributed by atoms with E-state index in [0.717, 1.165) is 61.7 Å². The molecule has 0 radical (unpaired) electrons. The second kappa shape index (κ2) is 25.9. The molecule has 2 aliphatic carbocycles. The quantitative estimate of drug-likeness (QED) is 0.125. The normalized spacial score (nSPS) is 13.9. The molecule has 482 valence electrons. The van der Waals surface area contributed by atoms with Gasteiger partial charge < -0.3 is 20.0 Å². The van der Waals surface area contributed by atoms with E-state index in [1.54, 1.807) is 121 Å². The standard InChI is InChI=1S/C17H14ClFN4O.C17H11F2N5O.C17H12FN5O.C17H14N6O/c1-22(11-5-6-11)17(24)15-16(10-4-7-12(18)13(19)9-10)23-14(21-15)3-2-8-20-23;18-12-8-11(13(19)7-10(12)9-20)16-15(17(25)23-5-2-6-23)22-14-3-1-4-21-24(14)16;18-13-9-11(4-5-12(13)10-19)16-15(17(24)22-7-2-8-22)21-14-3-1-6-20-23(14)16;24-17(20-12-4-5-12)15-16(23-14(21-15)2-1-8-19-23)11-3-6-13-7-9-18-22(13)10-11/h2-4,7-9,11H,5-6H2,1H3;1,3-4,7-8H,2,5-6H2;1,3-6,9H,2,7-8H2;1-3,6-10,12H,4-5H2,(H,20,24). The number of halogens is 5. The van der Waals surface area contributed by atoms with Crippen LogP contribution in [-0.4, -0.2) is 152 Å². The smallest absolute Gasteiger partial charge is 0.274 e. The lowest BCUT2D eigenvalue weighted by Gasteiger charge is -2.30. The van der Waals surface area contributed by atoms with Crippen LogP contribution >= 0.6 is 11.6 Å². The van der Waals surface area contributed by atoms with Gasteiger partial charge in [0.05, 0.1) is 21.7 Å². The summed E-state index contributed by atoms with van der Waals surface area (Å²) in [7, 11) is 1.77. The number of nitriles is 2. The number of rotatable bonds is 10. The van der Waals surface area contributed by atoms with Crippen LogP contribution in [0.15, 0.2) is 152 Å². The van der Waals surface area contributed by atoms with E-state index in [1.165, 1.54) is 39.5 Å². The number of fused-ring (bicyclic) bond motifs is 5. The Hall–Kier alpha value is -12.3. The van der Waals surface area contributed by atoms with E-state index in [0.29, 0.717) is 82.7 Å². The molecule has 24 nitrogen and oxygen atoms in total. The van der Waals surface area contributed by atoms with Gasteiger partial charge in [0, 0.05) is 105 Å². The monoisotopic (exact) mass is 1320 g/mol. The number of aromatic nitrogens is 14. The molecule has 4 fully saturated rings. The van der Waals surface area contributed by atoms with Gasteiger partial charge in [-0.25, -0.2) is 60.1 Å². The highest BCUT2D eigenvalue weighted by Gasteiger charge is 2.35. The minimum absolute atomic E-state index is 0.0152. The van der Waals surface area contributed by atoms with E-state index < -0.39 is 28.8 Å². The molecule has 2 saturated heterocycles. The van der Waals surface area contributed by atoms with Crippen LogP contribution in [0, 0.1) is 45.9 Å². The van der Waals surface area contributed by atoms with Crippen LogP contribution < -0.4 is 5.32 Å². The fourth-order valence-electron chi connectivity index (χ4n) is 11.1. The Balaban J connectivity index is 0.000000111. The Labute approximate surface area is 551 Å². The summed E-state index contributed by atoms with van der Waals surface area (Å²) in [5.41, 5.74) is 6.84. The Bertz CT molecular complexity index is 5400. The first-order valence-electron chi connectivity index (χ1n) is 30.6. The third-order valence-electron chi connectivity index (χ3n) is 16.7. The number of amides is 4. The van der Waals surface area contributed by atoms with Crippen molar-refractivity contribution in [2.24, 2.45) is 0 Å². The molecule has 29 heteroatoms. The van der Waals surface area contributed by atoms with Crippen molar-refractivity contribution in [1.29, 1.82) is 10.5 Å². The van der Waals surface area contributed by atoms with Gasteiger partial charge in [0.2, 0.25) is 0 Å². The van der Waals surface area contributed by atoms with Gasteiger partial charge in [0.15, 0.2) is 45.4 Å². The third-order valence-corrected chi connectivity index (χ3v) is 17.0. The topological polar surface area (TPSA) is 276 Å². The molecule has 17 rings (SSSR count). The van der Waals surface area contributed by atoms with Gasteiger partial charge in [-0.2, -0.15) is 36.0 Å². The van der Waals surface area contributed by atoms with Crippen LogP contribution in [0.1, 0.15) is 91.6 Å². The number of likely N-dealkylation sites (tertiary alicyclic amines) is 2. The zero-order valence-electron chi connectivity index (χ0n) is 51.2. The number of nitrogens with one attached hydrogen (secondary N) is 1. The maximum Gasteiger partial charge on any atom is 0.274 e. The molecule has 10 aromatic heterocycles. The first-order chi connectivity index (χ1) is 47.1. The fraction of sp³-hybridized carbons (Fsp3) is 0.191. The molecule has 1 N–H and O–H groups in total. The molecule has 0 bridgehead atoms. The summed E-state index contributed by atoms with van der Waals surface area (Å²) < 4.78 is 64.4. The molecule has 2 aliphatic heterocycles. The molecule has 12 heterocycles. The van der Waals surface area contributed by atoms with Gasteiger partial charge in [-0.3, -0.25) is 19.2 Å². The number of benzene rings is 3. The van der Waals surface area contributed by atoms with E-state index in [1.807, 2.05) is 36.5 Å². The van der Waals surface area contributed by atoms with Crippen molar-refractivity contribution in [3.8, 4) is 57.2 Å². The van der Waals surface area contributed by atoms with Crippen LogP contribution in [0.5, 0.6) is 0 Å². The van der Waals surface area contributed by atoms with Gasteiger partial charge in [0.25, 0.3) is 23.6 Å². The van der Waals surface area contributed by atoms with E-state index in [-0.39, 0.29) is 74.6 Å². The molecule has 2 saturated carbocycles. The average molecular weight is 1320 g/mol. The first-order valence-corrected chi connectivity index (χ1v) is 31.0. The number of hydrogen-bond acceptors (Lipinski definition) is 15. The lowest BCUT2D eigenvalue weighted by atomic mass is 10.0. The third kappa shape index (κ3) is 12.1. The van der Waals surface area contributed by atoms with E-state index in [9.17, 15) is 36.7 Å². The minimum Gasteiger partial charge on any atom is -0.348 e. The molecule has 0 unspecified atom stereocenters. The van der Waals surface area contributed by atoms with Crippen molar-refractivity contribution in [3.05, 3.63) is 215 Å². The second-order valence-corrected chi connectivity index (χ2v) is 23.5. The predicted molar refractivity (Wildman–Crippen MR) is 343 cm³/mol. The maximum absolute atomic E-state index is 14.5. The van der Waals surface area contributed by atoms with Crippen molar-refractivity contribution in [3.63, 3.8) is 0 Å². The summed E-state index contributed by atoms with van der Waals surface area (Å²) in [6.45, 7) is 2.59. The Kier molecular flexibility index (Phi) is 16.6. The summed E-state index contributed by atoms with van der Waals surface area (Å²) >= 11 is 5.77. The van der Waals surface area contributed by atoms with Crippen molar-refractivity contribution in [2.45, 2.75) is 50.6 Å². The molecule has 0 spiro atoms. The highest BCUT2D eigenvalue weighted by molar-refractivity contribution is 6.30. The molecule has 97 heavy (non-hydrogen) atoms. The average Bonchev–Trinajstić information content (AvgIpc) is 1.66. The Morgan fingerprint density at radius 2 is 1.00 bits per heavy atom. The fourth-order valence-corrected chi connectivity index (χ4v) is 11.2. The highest BCUT2D eigenvalue weighted by Crippen LogP contribution is 2.35. The largest absolute Gasteiger partial charge is 0.348 e. The van der Waals surface area contributed by atoms with Crippen molar-refractivity contribution in [2.75, 3.05) is 33.2 Å². The number of imidazole rings is 4. The molecule has 13 aromatic rings. The van der Waals surface area contributed by atoms with Gasteiger partial charge >= 0.3 is 0 Å². The number of carbonyl (C=O) groups is 4. The molecule has 4 aliphatic rings. The van der Waals surface area contributed by atoms with Crippen molar-refractivity contribution in [1.82, 2.24) is 88.0 Å². The highest BCUT2D eigenvalue weighted by atomic mass is 35.5. The van der Waals surface area contributed by atoms with E-state index >= 15 is 0 Å². The van der Waals surface area contributed by atoms with Crippen molar-refractivity contribution >= 4 is 63.3 Å². The Morgan fingerprint density at radius 1 is 0.515 bits per heavy atom. The van der Waals surface area contributed by atoms with Gasteiger partial charge in [-0.15, -0.1) is 0 Å². The van der Waals surface area contributed by atoms with Gasteiger partial charge in [0.1, 0.15) is 58.2 Å². The lowest BCUT2D eigenvalue weighted by Crippen LogP contribution is -2.42. The van der Waals surface area contributed by atoms with E-state index in [2.05, 4.69) is 50.7 Å². The van der Waals surface area contributed by atoms with Crippen LogP contribution in [0.25, 0.3) is 73.1 Å². The number of nitrogens with zero attached hydrogens (tertiary/aromatic N) is 19.